The summed E-state index contributed by atoms with van der Waals surface area (Å²) in [5.41, 5.74) is -0.333. The van der Waals surface area contributed by atoms with Crippen LogP contribution in [0.2, 0.25) is 0 Å². The molecule has 1 amide bonds. The van der Waals surface area contributed by atoms with Crippen molar-refractivity contribution in [2.75, 3.05) is 36.8 Å². The molecule has 0 saturated carbocycles. The topological polar surface area (TPSA) is 104 Å². The number of thioether (sulfide) groups is 1. The minimum atomic E-state index is -4.48. The fraction of sp³-hybridized carbons (Fsp3) is 0.389. The molecule has 9 nitrogen and oxygen atoms in total. The van der Waals surface area contributed by atoms with Crippen molar-refractivity contribution in [1.29, 1.82) is 5.26 Å². The molecule has 162 valence electrons. The number of oxazole rings is 1. The van der Waals surface area contributed by atoms with Crippen LogP contribution in [0.4, 0.5) is 19.1 Å². The fourth-order valence-electron chi connectivity index (χ4n) is 3.22. The van der Waals surface area contributed by atoms with Crippen LogP contribution in [-0.4, -0.2) is 62.3 Å². The van der Waals surface area contributed by atoms with E-state index in [2.05, 4.69) is 15.2 Å². The molecule has 0 aromatic carbocycles. The van der Waals surface area contributed by atoms with Crippen molar-refractivity contribution in [2.45, 2.75) is 18.3 Å². The Kier molecular flexibility index (Phi) is 5.48. The zero-order valence-electron chi connectivity index (χ0n) is 16.3. The van der Waals surface area contributed by atoms with Crippen molar-refractivity contribution in [3.8, 4) is 6.07 Å². The number of amides is 1. The van der Waals surface area contributed by atoms with Crippen LogP contribution in [0.5, 0.6) is 0 Å². The van der Waals surface area contributed by atoms with Crippen molar-refractivity contribution >= 4 is 29.2 Å². The SMILES string of the molecule is Cc1nc(C#N)c(N2CCN(C(=O)CSc3nnc4ccc(C(F)(F)F)cn34)CC2)o1. The van der Waals surface area contributed by atoms with Crippen molar-refractivity contribution in [2.24, 2.45) is 0 Å². The van der Waals surface area contributed by atoms with Crippen molar-refractivity contribution < 1.29 is 22.4 Å². The maximum absolute atomic E-state index is 13.0. The van der Waals surface area contributed by atoms with E-state index in [4.69, 9.17) is 9.68 Å². The lowest BCUT2D eigenvalue weighted by molar-refractivity contribution is -0.138. The largest absolute Gasteiger partial charge is 0.424 e. The van der Waals surface area contributed by atoms with Gasteiger partial charge in [0.2, 0.25) is 17.5 Å². The van der Waals surface area contributed by atoms with Crippen molar-refractivity contribution in [3.63, 3.8) is 0 Å². The van der Waals surface area contributed by atoms with E-state index in [0.29, 0.717) is 38.0 Å². The summed E-state index contributed by atoms with van der Waals surface area (Å²) in [6.07, 6.45) is -3.56. The Labute approximate surface area is 178 Å². The number of carbonyl (C=O) groups is 1. The minimum Gasteiger partial charge on any atom is -0.424 e. The maximum atomic E-state index is 13.0. The monoisotopic (exact) mass is 451 g/mol. The molecule has 4 heterocycles. The van der Waals surface area contributed by atoms with Gasteiger partial charge in [-0.1, -0.05) is 11.8 Å². The molecule has 1 aliphatic heterocycles. The summed E-state index contributed by atoms with van der Waals surface area (Å²) in [7, 11) is 0. The molecular weight excluding hydrogens is 435 g/mol. The third-order valence-corrected chi connectivity index (χ3v) is 5.69. The van der Waals surface area contributed by atoms with E-state index in [1.807, 2.05) is 11.0 Å². The van der Waals surface area contributed by atoms with Gasteiger partial charge in [-0.05, 0) is 12.1 Å². The molecule has 13 heteroatoms. The summed E-state index contributed by atoms with van der Waals surface area (Å²) in [6.45, 7) is 3.45. The molecule has 4 rings (SSSR count). The van der Waals surface area contributed by atoms with E-state index >= 15 is 0 Å². The maximum Gasteiger partial charge on any atom is 0.417 e. The van der Waals surface area contributed by atoms with E-state index in [9.17, 15) is 18.0 Å². The fourth-order valence-corrected chi connectivity index (χ4v) is 4.03. The van der Waals surface area contributed by atoms with Gasteiger partial charge in [0, 0.05) is 39.3 Å². The van der Waals surface area contributed by atoms with Gasteiger partial charge in [-0.25, -0.2) is 4.98 Å². The van der Waals surface area contributed by atoms with Gasteiger partial charge in [0.15, 0.2) is 16.7 Å². The van der Waals surface area contributed by atoms with Crippen LogP contribution in [0.15, 0.2) is 27.9 Å². The van der Waals surface area contributed by atoms with Crippen molar-refractivity contribution in [1.82, 2.24) is 24.5 Å². The number of nitriles is 1. The molecule has 3 aromatic rings. The molecule has 31 heavy (non-hydrogen) atoms. The predicted octanol–water partition coefficient (Wildman–Crippen LogP) is 2.36. The van der Waals surface area contributed by atoms with Crippen LogP contribution in [0.3, 0.4) is 0 Å². The molecule has 1 saturated heterocycles. The lowest BCUT2D eigenvalue weighted by Crippen LogP contribution is -2.49. The number of hydrogen-bond acceptors (Lipinski definition) is 8. The van der Waals surface area contributed by atoms with Gasteiger partial charge >= 0.3 is 6.18 Å². The normalized spacial score (nSPS) is 14.8. The highest BCUT2D eigenvalue weighted by Crippen LogP contribution is 2.30. The summed E-state index contributed by atoms with van der Waals surface area (Å²) >= 11 is 1.03. The number of aromatic nitrogens is 4. The molecule has 0 aliphatic carbocycles. The second-order valence-electron chi connectivity index (χ2n) is 6.78. The first-order valence-electron chi connectivity index (χ1n) is 9.21. The Hall–Kier alpha value is -3.27. The second kappa shape index (κ2) is 8.10. The molecule has 0 atom stereocenters. The first kappa shape index (κ1) is 21.0. The molecule has 0 unspecified atom stereocenters. The molecule has 1 aliphatic rings. The van der Waals surface area contributed by atoms with E-state index in [0.717, 1.165) is 24.0 Å². The van der Waals surface area contributed by atoms with E-state index in [-0.39, 0.29) is 28.2 Å². The van der Waals surface area contributed by atoms with Crippen LogP contribution < -0.4 is 4.90 Å². The Bertz CT molecular complexity index is 1160. The molecular formula is C18H16F3N7O2S. The summed E-state index contributed by atoms with van der Waals surface area (Å²) in [4.78, 5) is 20.1. The highest BCUT2D eigenvalue weighted by Gasteiger charge is 2.31. The quantitative estimate of drug-likeness (QED) is 0.557. The molecule has 0 spiro atoms. The molecule has 0 radical (unpaired) electrons. The number of aryl methyl sites for hydroxylation is 1. The van der Waals surface area contributed by atoms with Crippen LogP contribution in [0.1, 0.15) is 17.1 Å². The van der Waals surface area contributed by atoms with Gasteiger partial charge in [-0.2, -0.15) is 18.4 Å². The smallest absolute Gasteiger partial charge is 0.417 e. The number of hydrogen-bond donors (Lipinski definition) is 0. The van der Waals surface area contributed by atoms with Crippen molar-refractivity contribution in [3.05, 3.63) is 35.5 Å². The number of piperazine rings is 1. The molecule has 1 fully saturated rings. The number of nitrogens with zero attached hydrogens (tertiary/aromatic N) is 7. The number of pyridine rings is 1. The van der Waals surface area contributed by atoms with Crippen LogP contribution in [-0.2, 0) is 11.0 Å². The third kappa shape index (κ3) is 4.29. The van der Waals surface area contributed by atoms with Crippen LogP contribution in [0, 0.1) is 18.3 Å². The van der Waals surface area contributed by atoms with E-state index in [1.165, 1.54) is 10.5 Å². The number of anilines is 1. The van der Waals surface area contributed by atoms with Gasteiger partial charge < -0.3 is 14.2 Å². The molecule has 3 aromatic heterocycles. The Morgan fingerprint density at radius 3 is 2.68 bits per heavy atom. The Morgan fingerprint density at radius 1 is 1.26 bits per heavy atom. The Morgan fingerprint density at radius 2 is 2.00 bits per heavy atom. The standard InChI is InChI=1S/C18H16F3N7O2S/c1-11-23-13(8-22)16(30-11)27-6-4-26(5-7-27)15(29)10-31-17-25-24-14-3-2-12(9-28(14)17)18(19,20)21/h2-3,9H,4-7,10H2,1H3. The van der Waals surface area contributed by atoms with Gasteiger partial charge in [0.25, 0.3) is 0 Å². The van der Waals surface area contributed by atoms with E-state index in [1.54, 1.807) is 11.8 Å². The van der Waals surface area contributed by atoms with E-state index < -0.39 is 11.7 Å². The first-order valence-corrected chi connectivity index (χ1v) is 10.2. The van der Waals surface area contributed by atoms with Gasteiger partial charge in [-0.15, -0.1) is 10.2 Å². The van der Waals surface area contributed by atoms with Gasteiger partial charge in [0.05, 0.1) is 11.3 Å². The minimum absolute atomic E-state index is 0.0158. The van der Waals surface area contributed by atoms with Gasteiger partial charge in [0.1, 0.15) is 6.07 Å². The number of carbonyl (C=O) groups excluding carboxylic acids is 1. The van der Waals surface area contributed by atoms with Crippen LogP contribution in [0.25, 0.3) is 5.65 Å². The number of fused-ring (bicyclic) bond motifs is 1. The molecule has 0 bridgehead atoms. The van der Waals surface area contributed by atoms with Gasteiger partial charge in [-0.3, -0.25) is 9.20 Å². The first-order chi connectivity index (χ1) is 14.8. The highest BCUT2D eigenvalue weighted by molar-refractivity contribution is 7.99. The zero-order chi connectivity index (χ0) is 22.2. The lowest BCUT2D eigenvalue weighted by Gasteiger charge is -2.34. The number of alkyl halides is 3. The lowest BCUT2D eigenvalue weighted by atomic mass is 10.3. The third-order valence-electron chi connectivity index (χ3n) is 4.76. The number of rotatable bonds is 4. The summed E-state index contributed by atoms with van der Waals surface area (Å²) in [6, 6.07) is 4.17. The number of halogens is 3. The molecule has 0 N–H and O–H groups in total. The highest BCUT2D eigenvalue weighted by atomic mass is 32.2. The predicted molar refractivity (Wildman–Crippen MR) is 103 cm³/mol. The summed E-state index contributed by atoms with van der Waals surface area (Å²) in [5.74, 6) is 0.650. The Balaban J connectivity index is 1.37. The second-order valence-corrected chi connectivity index (χ2v) is 7.72. The van der Waals surface area contributed by atoms with Crippen LogP contribution >= 0.6 is 11.8 Å². The summed E-state index contributed by atoms with van der Waals surface area (Å²) < 4.78 is 45.6. The average Bonchev–Trinajstić information content (AvgIpc) is 3.34. The zero-order valence-corrected chi connectivity index (χ0v) is 17.1. The average molecular weight is 451 g/mol. The summed E-state index contributed by atoms with van der Waals surface area (Å²) in [5, 5.41) is 17.1.